The largest absolute Gasteiger partial charge is 0.467 e. The molecule has 0 aliphatic rings. The highest BCUT2D eigenvalue weighted by atomic mass is 32.1. The van der Waals surface area contributed by atoms with E-state index in [0.29, 0.717) is 0 Å². The molecular weight excluding hydrogens is 254 g/mol. The molecule has 0 heterocycles. The summed E-state index contributed by atoms with van der Waals surface area (Å²) in [6, 6.07) is 8.44. The Hall–Kier alpha value is -1.69. The lowest BCUT2D eigenvalue weighted by molar-refractivity contribution is -0.142. The maximum Gasteiger partial charge on any atom is 0.408 e. The van der Waals surface area contributed by atoms with Gasteiger partial charge in [0.15, 0.2) is 0 Å². The van der Waals surface area contributed by atoms with Gasteiger partial charge in [-0.3, -0.25) is 0 Å². The Morgan fingerprint density at radius 3 is 2.56 bits per heavy atom. The van der Waals surface area contributed by atoms with E-state index in [-0.39, 0.29) is 12.4 Å². The Kier molecular flexibility index (Phi) is 6.07. The molecule has 5 nitrogen and oxygen atoms in total. The number of rotatable bonds is 5. The van der Waals surface area contributed by atoms with Crippen LogP contribution in [0.2, 0.25) is 0 Å². The fraction of sp³-hybridized carbons (Fsp3) is 0.333. The zero-order valence-corrected chi connectivity index (χ0v) is 10.9. The molecule has 1 atom stereocenters. The van der Waals surface area contributed by atoms with Gasteiger partial charge in [0.1, 0.15) is 12.6 Å². The first-order valence-electron chi connectivity index (χ1n) is 5.33. The summed E-state index contributed by atoms with van der Waals surface area (Å²) >= 11 is 3.95. The number of esters is 1. The molecular formula is C12H15NO4S. The van der Waals surface area contributed by atoms with E-state index in [2.05, 4.69) is 22.7 Å². The predicted octanol–water partition coefficient (Wildman–Crippen LogP) is 1.38. The van der Waals surface area contributed by atoms with E-state index in [1.54, 1.807) is 0 Å². The number of ether oxygens (including phenoxy) is 2. The summed E-state index contributed by atoms with van der Waals surface area (Å²) in [7, 11) is 1.25. The first-order chi connectivity index (χ1) is 8.67. The molecule has 1 aromatic carbocycles. The van der Waals surface area contributed by atoms with Gasteiger partial charge in [0.25, 0.3) is 0 Å². The van der Waals surface area contributed by atoms with Gasteiger partial charge in [0.05, 0.1) is 7.11 Å². The van der Waals surface area contributed by atoms with Crippen LogP contribution in [-0.4, -0.2) is 31.0 Å². The fourth-order valence-electron chi connectivity index (χ4n) is 1.23. The lowest BCUT2D eigenvalue weighted by Gasteiger charge is -2.14. The van der Waals surface area contributed by atoms with Crippen LogP contribution < -0.4 is 5.32 Å². The van der Waals surface area contributed by atoms with Crippen LogP contribution in [0.5, 0.6) is 0 Å². The van der Waals surface area contributed by atoms with Gasteiger partial charge in [-0.15, -0.1) is 0 Å². The molecule has 0 aliphatic carbocycles. The first kappa shape index (κ1) is 14.4. The lowest BCUT2D eigenvalue weighted by atomic mass is 10.2. The number of alkyl carbamates (subject to hydrolysis) is 1. The van der Waals surface area contributed by atoms with E-state index in [0.717, 1.165) is 5.56 Å². The van der Waals surface area contributed by atoms with Gasteiger partial charge < -0.3 is 14.8 Å². The summed E-state index contributed by atoms with van der Waals surface area (Å²) in [5.74, 6) is -0.408. The van der Waals surface area contributed by atoms with E-state index in [4.69, 9.17) is 4.74 Å². The Balaban J connectivity index is 2.39. The highest BCUT2D eigenvalue weighted by Crippen LogP contribution is 2.01. The number of thiol groups is 1. The van der Waals surface area contributed by atoms with Crippen molar-refractivity contribution < 1.29 is 19.1 Å². The van der Waals surface area contributed by atoms with E-state index in [1.807, 2.05) is 30.3 Å². The van der Waals surface area contributed by atoms with Crippen LogP contribution in [0.15, 0.2) is 30.3 Å². The quantitative estimate of drug-likeness (QED) is 0.626. The third-order valence-electron chi connectivity index (χ3n) is 2.17. The molecule has 0 bridgehead atoms. The van der Waals surface area contributed by atoms with Crippen LogP contribution in [0.4, 0.5) is 4.79 Å². The van der Waals surface area contributed by atoms with Crippen molar-refractivity contribution in [1.29, 1.82) is 0 Å². The molecule has 0 aromatic heterocycles. The zero-order valence-electron chi connectivity index (χ0n) is 9.96. The summed E-state index contributed by atoms with van der Waals surface area (Å²) in [4.78, 5) is 22.6. The SMILES string of the molecule is COC(=O)C(CS)NC(=O)OCc1ccccc1. The predicted molar refractivity (Wildman–Crippen MR) is 69.4 cm³/mol. The Morgan fingerprint density at radius 2 is 2.00 bits per heavy atom. The Bertz CT molecular complexity index is 396. The summed E-state index contributed by atoms with van der Waals surface area (Å²) in [5.41, 5.74) is 0.869. The molecule has 1 N–H and O–H groups in total. The van der Waals surface area contributed by atoms with E-state index in [9.17, 15) is 9.59 Å². The number of hydrogen-bond acceptors (Lipinski definition) is 5. The van der Waals surface area contributed by atoms with Gasteiger partial charge in [-0.1, -0.05) is 30.3 Å². The summed E-state index contributed by atoms with van der Waals surface area (Å²) in [6.45, 7) is 0.146. The molecule has 18 heavy (non-hydrogen) atoms. The molecule has 0 saturated carbocycles. The number of carbonyl (C=O) groups is 2. The van der Waals surface area contributed by atoms with E-state index in [1.165, 1.54) is 7.11 Å². The first-order valence-corrected chi connectivity index (χ1v) is 5.96. The number of methoxy groups -OCH3 is 1. The van der Waals surface area contributed by atoms with Crippen molar-refractivity contribution in [3.05, 3.63) is 35.9 Å². The minimum absolute atomic E-state index is 0.146. The number of nitrogens with one attached hydrogen (secondary N) is 1. The molecule has 1 rings (SSSR count). The number of hydrogen-bond donors (Lipinski definition) is 2. The third kappa shape index (κ3) is 4.67. The van der Waals surface area contributed by atoms with Crippen LogP contribution in [0.1, 0.15) is 5.56 Å². The molecule has 6 heteroatoms. The van der Waals surface area contributed by atoms with Gasteiger partial charge in [-0.25, -0.2) is 9.59 Å². The van der Waals surface area contributed by atoms with Gasteiger partial charge in [-0.05, 0) is 5.56 Å². The molecule has 0 fully saturated rings. The van der Waals surface area contributed by atoms with Crippen LogP contribution in [0.25, 0.3) is 0 Å². The van der Waals surface area contributed by atoms with Gasteiger partial charge in [-0.2, -0.15) is 12.6 Å². The van der Waals surface area contributed by atoms with Crippen LogP contribution in [-0.2, 0) is 20.9 Å². The topological polar surface area (TPSA) is 64.6 Å². The van der Waals surface area contributed by atoms with Crippen LogP contribution >= 0.6 is 12.6 Å². The van der Waals surface area contributed by atoms with Crippen molar-refractivity contribution in [2.24, 2.45) is 0 Å². The Morgan fingerprint density at radius 1 is 1.33 bits per heavy atom. The maximum atomic E-state index is 11.4. The van der Waals surface area contributed by atoms with Gasteiger partial charge >= 0.3 is 12.1 Å². The number of carbonyl (C=O) groups excluding carboxylic acids is 2. The molecule has 1 unspecified atom stereocenters. The van der Waals surface area contributed by atoms with Crippen LogP contribution in [0, 0.1) is 0 Å². The zero-order chi connectivity index (χ0) is 13.4. The van der Waals surface area contributed by atoms with E-state index >= 15 is 0 Å². The Labute approximate surface area is 111 Å². The third-order valence-corrected chi connectivity index (χ3v) is 2.54. The van der Waals surface area contributed by atoms with E-state index < -0.39 is 18.1 Å². The molecule has 1 amide bonds. The molecule has 98 valence electrons. The van der Waals surface area contributed by atoms with Crippen molar-refractivity contribution in [3.8, 4) is 0 Å². The minimum atomic E-state index is -0.804. The smallest absolute Gasteiger partial charge is 0.408 e. The highest BCUT2D eigenvalue weighted by Gasteiger charge is 2.20. The van der Waals surface area contributed by atoms with Crippen molar-refractivity contribution in [2.75, 3.05) is 12.9 Å². The molecule has 0 aliphatic heterocycles. The maximum absolute atomic E-state index is 11.4. The van der Waals surface area contributed by atoms with Crippen molar-refractivity contribution in [2.45, 2.75) is 12.6 Å². The van der Waals surface area contributed by atoms with Crippen molar-refractivity contribution >= 4 is 24.7 Å². The summed E-state index contributed by atoms with van der Waals surface area (Å²) < 4.78 is 9.47. The van der Waals surface area contributed by atoms with Crippen LogP contribution in [0.3, 0.4) is 0 Å². The summed E-state index contributed by atoms with van der Waals surface area (Å²) in [6.07, 6.45) is -0.677. The minimum Gasteiger partial charge on any atom is -0.467 e. The molecule has 0 saturated heterocycles. The van der Waals surface area contributed by atoms with Crippen molar-refractivity contribution in [1.82, 2.24) is 5.32 Å². The molecule has 1 aromatic rings. The second-order valence-electron chi connectivity index (χ2n) is 3.46. The number of benzene rings is 1. The highest BCUT2D eigenvalue weighted by molar-refractivity contribution is 7.80. The monoisotopic (exact) mass is 269 g/mol. The fourth-order valence-corrected chi connectivity index (χ4v) is 1.47. The molecule has 0 radical (unpaired) electrons. The summed E-state index contributed by atoms with van der Waals surface area (Å²) in [5, 5.41) is 2.38. The average Bonchev–Trinajstić information content (AvgIpc) is 2.42. The standard InChI is InChI=1S/C12H15NO4S/c1-16-11(14)10(8-18)13-12(15)17-7-9-5-3-2-4-6-9/h2-6,10,18H,7-8H2,1H3,(H,13,15). The second kappa shape index (κ2) is 7.60. The lowest BCUT2D eigenvalue weighted by Crippen LogP contribution is -2.43. The van der Waals surface area contributed by atoms with Gasteiger partial charge in [0.2, 0.25) is 0 Å². The van der Waals surface area contributed by atoms with Gasteiger partial charge in [0, 0.05) is 5.75 Å². The average molecular weight is 269 g/mol. The molecule has 0 spiro atoms. The number of amides is 1. The second-order valence-corrected chi connectivity index (χ2v) is 3.83. The van der Waals surface area contributed by atoms with Crippen molar-refractivity contribution in [3.63, 3.8) is 0 Å². The normalized spacial score (nSPS) is 11.4.